The number of nitrogens with zero attached hydrogens (tertiary/aromatic N) is 1. The molecule has 104 valence electrons. The molecular weight excluding hydrogens is 234 g/mol. The smallest absolute Gasteiger partial charge is 0.410 e. The summed E-state index contributed by atoms with van der Waals surface area (Å²) in [5, 5.41) is 8.92. The first-order valence-corrected chi connectivity index (χ1v) is 6.56. The largest absolute Gasteiger partial charge is 0.444 e. The van der Waals surface area contributed by atoms with E-state index in [-0.39, 0.29) is 18.3 Å². The molecule has 2 aliphatic rings. The van der Waals surface area contributed by atoms with Gasteiger partial charge in [0.25, 0.3) is 0 Å². The molecule has 0 aromatic carbocycles. The molecule has 2 fully saturated rings. The fourth-order valence-corrected chi connectivity index (χ4v) is 2.63. The summed E-state index contributed by atoms with van der Waals surface area (Å²) < 4.78 is 11.1. The number of ether oxygens (including phenoxy) is 2. The van der Waals surface area contributed by atoms with Crippen LogP contribution in [0.1, 0.15) is 33.6 Å². The van der Waals surface area contributed by atoms with Gasteiger partial charge in [-0.3, -0.25) is 0 Å². The number of likely N-dealkylation sites (tertiary alicyclic amines) is 1. The molecule has 2 rings (SSSR count). The lowest BCUT2D eigenvalue weighted by Crippen LogP contribution is -2.63. The van der Waals surface area contributed by atoms with Gasteiger partial charge in [-0.1, -0.05) is 0 Å². The summed E-state index contributed by atoms with van der Waals surface area (Å²) in [4.78, 5) is 13.5. The van der Waals surface area contributed by atoms with E-state index < -0.39 is 5.60 Å². The van der Waals surface area contributed by atoms with E-state index in [0.29, 0.717) is 25.6 Å². The molecule has 2 saturated heterocycles. The Morgan fingerprint density at radius 2 is 2.17 bits per heavy atom. The van der Waals surface area contributed by atoms with Crippen LogP contribution in [0.4, 0.5) is 4.79 Å². The lowest BCUT2D eigenvalue weighted by molar-refractivity contribution is -0.109. The molecule has 1 atom stereocenters. The van der Waals surface area contributed by atoms with Crippen LogP contribution in [-0.2, 0) is 9.47 Å². The van der Waals surface area contributed by atoms with Crippen LogP contribution in [0, 0.1) is 5.92 Å². The Morgan fingerprint density at radius 1 is 1.50 bits per heavy atom. The van der Waals surface area contributed by atoms with Crippen molar-refractivity contribution in [3.05, 3.63) is 0 Å². The van der Waals surface area contributed by atoms with E-state index in [2.05, 4.69) is 0 Å². The molecule has 1 spiro atoms. The number of rotatable bonds is 2. The van der Waals surface area contributed by atoms with Crippen LogP contribution in [-0.4, -0.2) is 53.6 Å². The van der Waals surface area contributed by atoms with Gasteiger partial charge < -0.3 is 19.5 Å². The Kier molecular flexibility index (Phi) is 3.56. The van der Waals surface area contributed by atoms with Gasteiger partial charge >= 0.3 is 6.09 Å². The fraction of sp³-hybridized carbons (Fsp3) is 0.923. The third-order valence-electron chi connectivity index (χ3n) is 3.43. The summed E-state index contributed by atoms with van der Waals surface area (Å²) in [6.07, 6.45) is 1.46. The second-order valence-electron chi connectivity index (χ2n) is 6.41. The second kappa shape index (κ2) is 4.70. The van der Waals surface area contributed by atoms with Crippen molar-refractivity contribution in [2.45, 2.75) is 44.8 Å². The predicted molar refractivity (Wildman–Crippen MR) is 66.3 cm³/mol. The molecule has 0 saturated carbocycles. The molecule has 5 nitrogen and oxygen atoms in total. The first kappa shape index (κ1) is 13.6. The quantitative estimate of drug-likeness (QED) is 0.812. The summed E-state index contributed by atoms with van der Waals surface area (Å²) in [5.41, 5.74) is -0.619. The van der Waals surface area contributed by atoms with Crippen molar-refractivity contribution in [3.63, 3.8) is 0 Å². The maximum atomic E-state index is 11.8. The van der Waals surface area contributed by atoms with E-state index in [4.69, 9.17) is 14.6 Å². The number of hydrogen-bond acceptors (Lipinski definition) is 4. The van der Waals surface area contributed by atoms with Crippen molar-refractivity contribution in [1.82, 2.24) is 4.90 Å². The summed E-state index contributed by atoms with van der Waals surface area (Å²) >= 11 is 0. The van der Waals surface area contributed by atoms with Crippen LogP contribution < -0.4 is 0 Å². The maximum absolute atomic E-state index is 11.8. The average Bonchev–Trinajstić information content (AvgIpc) is 2.57. The van der Waals surface area contributed by atoms with Gasteiger partial charge in [-0.25, -0.2) is 4.79 Å². The van der Waals surface area contributed by atoms with Crippen LogP contribution in [0.3, 0.4) is 0 Å². The lowest BCUT2D eigenvalue weighted by atomic mass is 9.86. The van der Waals surface area contributed by atoms with Crippen LogP contribution in [0.15, 0.2) is 0 Å². The number of amides is 1. The van der Waals surface area contributed by atoms with Crippen LogP contribution in [0.5, 0.6) is 0 Å². The SMILES string of the molecule is CC(C)(C)OC(=O)N1CC2(C[C@@H](CCO)CO2)C1. The minimum Gasteiger partial charge on any atom is -0.444 e. The summed E-state index contributed by atoms with van der Waals surface area (Å²) in [6.45, 7) is 7.73. The van der Waals surface area contributed by atoms with Crippen molar-refractivity contribution in [2.75, 3.05) is 26.3 Å². The van der Waals surface area contributed by atoms with Gasteiger partial charge in [0.15, 0.2) is 0 Å². The molecule has 2 heterocycles. The van der Waals surface area contributed by atoms with Crippen molar-refractivity contribution in [3.8, 4) is 0 Å². The van der Waals surface area contributed by atoms with Gasteiger partial charge in [0, 0.05) is 6.61 Å². The molecule has 1 amide bonds. The second-order valence-corrected chi connectivity index (χ2v) is 6.41. The van der Waals surface area contributed by atoms with Gasteiger partial charge in [0.2, 0.25) is 0 Å². The molecule has 18 heavy (non-hydrogen) atoms. The molecule has 5 heteroatoms. The molecule has 0 aliphatic carbocycles. The maximum Gasteiger partial charge on any atom is 0.410 e. The van der Waals surface area contributed by atoms with Gasteiger partial charge in [0.05, 0.1) is 19.7 Å². The highest BCUT2D eigenvalue weighted by atomic mass is 16.6. The zero-order chi connectivity index (χ0) is 13.4. The minimum atomic E-state index is -0.449. The number of aliphatic hydroxyl groups is 1. The van der Waals surface area contributed by atoms with Crippen molar-refractivity contribution in [1.29, 1.82) is 0 Å². The van der Waals surface area contributed by atoms with Gasteiger partial charge in [-0.15, -0.1) is 0 Å². The summed E-state index contributed by atoms with van der Waals surface area (Å²) in [7, 11) is 0. The van der Waals surface area contributed by atoms with E-state index in [1.165, 1.54) is 0 Å². The van der Waals surface area contributed by atoms with Crippen LogP contribution in [0.25, 0.3) is 0 Å². The summed E-state index contributed by atoms with van der Waals surface area (Å²) in [6, 6.07) is 0. The van der Waals surface area contributed by atoms with Crippen LogP contribution in [0.2, 0.25) is 0 Å². The molecule has 0 radical (unpaired) electrons. The van der Waals surface area contributed by atoms with E-state index in [1.807, 2.05) is 20.8 Å². The number of hydrogen-bond donors (Lipinski definition) is 1. The normalized spacial score (nSPS) is 26.2. The fourth-order valence-electron chi connectivity index (χ4n) is 2.63. The topological polar surface area (TPSA) is 59.0 Å². The molecule has 0 aromatic heterocycles. The average molecular weight is 257 g/mol. The number of aliphatic hydroxyl groups excluding tert-OH is 1. The minimum absolute atomic E-state index is 0.170. The molecule has 0 unspecified atom stereocenters. The van der Waals surface area contributed by atoms with E-state index in [9.17, 15) is 4.79 Å². The van der Waals surface area contributed by atoms with Gasteiger partial charge in [0.1, 0.15) is 11.2 Å². The van der Waals surface area contributed by atoms with Gasteiger partial charge in [-0.05, 0) is 39.5 Å². The Bertz CT molecular complexity index is 317. The molecule has 0 bridgehead atoms. The van der Waals surface area contributed by atoms with E-state index in [0.717, 1.165) is 12.8 Å². The predicted octanol–water partition coefficient (Wildman–Crippen LogP) is 1.39. The molecule has 1 N–H and O–H groups in total. The number of carbonyl (C=O) groups excluding carboxylic acids is 1. The monoisotopic (exact) mass is 257 g/mol. The first-order valence-electron chi connectivity index (χ1n) is 6.56. The van der Waals surface area contributed by atoms with Crippen molar-refractivity contribution >= 4 is 6.09 Å². The highest BCUT2D eigenvalue weighted by molar-refractivity contribution is 5.69. The number of carbonyl (C=O) groups is 1. The van der Waals surface area contributed by atoms with Crippen molar-refractivity contribution < 1.29 is 19.4 Å². The van der Waals surface area contributed by atoms with E-state index in [1.54, 1.807) is 4.90 Å². The first-order chi connectivity index (χ1) is 8.34. The Hall–Kier alpha value is -0.810. The standard InChI is InChI=1S/C13H23NO4/c1-12(2,3)18-11(16)14-8-13(9-14)6-10(4-5-15)7-17-13/h10,15H,4-9H2,1-3H3/t10-/m1/s1. The summed E-state index contributed by atoms with van der Waals surface area (Å²) in [5.74, 6) is 0.427. The Balaban J connectivity index is 1.78. The molecule has 2 aliphatic heterocycles. The molecule has 0 aromatic rings. The molecular formula is C13H23NO4. The zero-order valence-corrected chi connectivity index (χ0v) is 11.4. The Morgan fingerprint density at radius 3 is 2.72 bits per heavy atom. The van der Waals surface area contributed by atoms with Crippen molar-refractivity contribution in [2.24, 2.45) is 5.92 Å². The highest BCUT2D eigenvalue weighted by Crippen LogP contribution is 2.39. The van der Waals surface area contributed by atoms with E-state index >= 15 is 0 Å². The highest BCUT2D eigenvalue weighted by Gasteiger charge is 2.51. The van der Waals surface area contributed by atoms with Crippen LogP contribution >= 0.6 is 0 Å². The lowest BCUT2D eigenvalue weighted by Gasteiger charge is -2.47. The zero-order valence-electron chi connectivity index (χ0n) is 11.4. The Labute approximate surface area is 108 Å². The van der Waals surface area contributed by atoms with Gasteiger partial charge in [-0.2, -0.15) is 0 Å². The third kappa shape index (κ3) is 2.95. The third-order valence-corrected chi connectivity index (χ3v) is 3.43.